The Morgan fingerprint density at radius 3 is 1.84 bits per heavy atom. The van der Waals surface area contributed by atoms with Crippen LogP contribution in [-0.4, -0.2) is 19.5 Å². The Balaban J connectivity index is 1.15. The van der Waals surface area contributed by atoms with Gasteiger partial charge in [-0.25, -0.2) is 15.0 Å². The van der Waals surface area contributed by atoms with Crippen LogP contribution < -0.4 is 0 Å². The van der Waals surface area contributed by atoms with Crippen LogP contribution in [0.5, 0.6) is 0 Å². The van der Waals surface area contributed by atoms with Crippen molar-refractivity contribution in [1.82, 2.24) is 19.5 Å². The van der Waals surface area contributed by atoms with Crippen LogP contribution in [0.25, 0.3) is 136 Å². The van der Waals surface area contributed by atoms with Crippen LogP contribution in [-0.2, 0) is 0 Å². The minimum Gasteiger partial charge on any atom is -0.456 e. The molecule has 0 N–H and O–H groups in total. The summed E-state index contributed by atoms with van der Waals surface area (Å²) in [7, 11) is 0. The molecular weight excluding hydrogens is 781 g/mol. The summed E-state index contributed by atoms with van der Waals surface area (Å²) < 4.78 is 18.1. The van der Waals surface area contributed by atoms with Crippen LogP contribution in [0.1, 0.15) is 0 Å². The van der Waals surface area contributed by atoms with Crippen LogP contribution >= 0.6 is 11.3 Å². The molecule has 0 bridgehead atoms. The summed E-state index contributed by atoms with van der Waals surface area (Å²) >= 11 is 1.78. The largest absolute Gasteiger partial charge is 0.456 e. The summed E-state index contributed by atoms with van der Waals surface area (Å²) in [6.07, 6.45) is 0. The monoisotopic (exact) mass is 810 g/mol. The molecule has 9 aromatic carbocycles. The van der Waals surface area contributed by atoms with Gasteiger partial charge in [-0.05, 0) is 71.4 Å². The highest BCUT2D eigenvalue weighted by molar-refractivity contribution is 7.25. The highest BCUT2D eigenvalue weighted by atomic mass is 32.1. The first-order chi connectivity index (χ1) is 30.7. The first-order valence-corrected chi connectivity index (χ1v) is 21.5. The molecule has 62 heavy (non-hydrogen) atoms. The van der Waals surface area contributed by atoms with Crippen LogP contribution in [0, 0.1) is 0 Å². The van der Waals surface area contributed by atoms with Gasteiger partial charge in [0, 0.05) is 63.6 Å². The van der Waals surface area contributed by atoms with Gasteiger partial charge in [-0.3, -0.25) is 0 Å². The van der Waals surface area contributed by atoms with E-state index in [4.69, 9.17) is 23.8 Å². The Morgan fingerprint density at radius 1 is 0.387 bits per heavy atom. The molecule has 6 nitrogen and oxygen atoms in total. The van der Waals surface area contributed by atoms with Gasteiger partial charge in [0.2, 0.25) is 0 Å². The number of fused-ring (bicyclic) bond motifs is 13. The molecule has 288 valence electrons. The molecule has 0 saturated carbocycles. The molecule has 0 fully saturated rings. The van der Waals surface area contributed by atoms with E-state index in [1.807, 2.05) is 42.5 Å². The predicted octanol–water partition coefficient (Wildman–Crippen LogP) is 15.3. The van der Waals surface area contributed by atoms with E-state index in [1.54, 1.807) is 11.3 Å². The molecule has 7 heteroatoms. The topological polar surface area (TPSA) is 69.9 Å². The van der Waals surface area contributed by atoms with Crippen molar-refractivity contribution in [3.63, 3.8) is 0 Å². The number of hydrogen-bond acceptors (Lipinski definition) is 6. The fraction of sp³-hybridized carbons (Fsp3) is 0. The Kier molecular flexibility index (Phi) is 6.89. The number of para-hydroxylation sites is 3. The average Bonchev–Trinajstić information content (AvgIpc) is 4.09. The number of benzene rings is 9. The number of rotatable bonds is 4. The van der Waals surface area contributed by atoms with Crippen LogP contribution in [0.3, 0.4) is 0 Å². The molecule has 5 aromatic heterocycles. The van der Waals surface area contributed by atoms with Crippen LogP contribution in [0.15, 0.2) is 191 Å². The van der Waals surface area contributed by atoms with E-state index in [2.05, 4.69) is 144 Å². The number of thiophene rings is 1. The van der Waals surface area contributed by atoms with Gasteiger partial charge < -0.3 is 13.4 Å². The van der Waals surface area contributed by atoms with Crippen molar-refractivity contribution >= 4 is 108 Å². The maximum absolute atomic E-state index is 6.97. The van der Waals surface area contributed by atoms with E-state index in [0.29, 0.717) is 23.1 Å². The molecule has 0 unspecified atom stereocenters. The second kappa shape index (κ2) is 12.7. The zero-order valence-electron chi connectivity index (χ0n) is 32.8. The van der Waals surface area contributed by atoms with Crippen molar-refractivity contribution in [2.24, 2.45) is 0 Å². The summed E-state index contributed by atoms with van der Waals surface area (Å²) in [5.41, 5.74) is 8.75. The smallest absolute Gasteiger partial charge is 0.170 e. The Hall–Kier alpha value is -8.13. The quantitative estimate of drug-likeness (QED) is 0.177. The number of nitrogens with zero attached hydrogens (tertiary/aromatic N) is 4. The summed E-state index contributed by atoms with van der Waals surface area (Å²) in [5, 5.41) is 11.0. The SMILES string of the molecule is c1ccc2cc3c(cc2c1)c1ccccc1n3-c1ccc2c(oc3ccccc32)c1-c1nc(-c2cccc3oc4ccccc4c23)nc(-c2cccc3sc4ccccc4c23)n1. The molecule has 0 saturated heterocycles. The molecule has 0 atom stereocenters. The minimum atomic E-state index is 0.512. The van der Waals surface area contributed by atoms with Gasteiger partial charge in [0.05, 0.1) is 22.3 Å². The van der Waals surface area contributed by atoms with Crippen molar-refractivity contribution in [3.8, 4) is 39.9 Å². The van der Waals surface area contributed by atoms with Crippen molar-refractivity contribution in [2.75, 3.05) is 0 Å². The highest BCUT2D eigenvalue weighted by Crippen LogP contribution is 2.45. The first-order valence-electron chi connectivity index (χ1n) is 20.7. The maximum atomic E-state index is 6.97. The van der Waals surface area contributed by atoms with Gasteiger partial charge in [0.15, 0.2) is 17.5 Å². The van der Waals surface area contributed by atoms with Gasteiger partial charge in [0.1, 0.15) is 22.3 Å². The van der Waals surface area contributed by atoms with Crippen LogP contribution in [0.4, 0.5) is 0 Å². The molecule has 0 spiro atoms. The van der Waals surface area contributed by atoms with E-state index in [-0.39, 0.29) is 0 Å². The lowest BCUT2D eigenvalue weighted by Crippen LogP contribution is -2.04. The molecule has 0 radical (unpaired) electrons. The van der Waals surface area contributed by atoms with Crippen molar-refractivity contribution in [1.29, 1.82) is 0 Å². The van der Waals surface area contributed by atoms with E-state index in [1.165, 1.54) is 25.6 Å². The lowest BCUT2D eigenvalue weighted by Gasteiger charge is -2.16. The molecule has 14 aromatic rings. The minimum absolute atomic E-state index is 0.512. The molecular formula is C55H30N4O2S. The summed E-state index contributed by atoms with van der Waals surface area (Å²) in [5.74, 6) is 1.64. The van der Waals surface area contributed by atoms with Gasteiger partial charge in [0.25, 0.3) is 0 Å². The van der Waals surface area contributed by atoms with E-state index in [9.17, 15) is 0 Å². The second-order valence-corrected chi connectivity index (χ2v) is 16.9. The summed E-state index contributed by atoms with van der Waals surface area (Å²) in [4.78, 5) is 16.5. The van der Waals surface area contributed by atoms with Crippen molar-refractivity contribution < 1.29 is 8.83 Å². The van der Waals surface area contributed by atoms with E-state index in [0.717, 1.165) is 87.9 Å². The Labute approximate surface area is 356 Å². The zero-order chi connectivity index (χ0) is 40.5. The molecule has 0 amide bonds. The normalized spacial score (nSPS) is 12.2. The highest BCUT2D eigenvalue weighted by Gasteiger charge is 2.26. The molecule has 5 heterocycles. The van der Waals surface area contributed by atoms with Crippen molar-refractivity contribution in [3.05, 3.63) is 182 Å². The van der Waals surface area contributed by atoms with Gasteiger partial charge in [-0.1, -0.05) is 121 Å². The predicted molar refractivity (Wildman–Crippen MR) is 255 cm³/mol. The Bertz CT molecular complexity index is 4060. The fourth-order valence-electron chi connectivity index (χ4n) is 9.75. The molecule has 14 rings (SSSR count). The Morgan fingerprint density at radius 2 is 1.00 bits per heavy atom. The number of furan rings is 2. The summed E-state index contributed by atoms with van der Waals surface area (Å²) in [6.45, 7) is 0. The molecule has 0 aliphatic carbocycles. The lowest BCUT2D eigenvalue weighted by atomic mass is 10.0. The summed E-state index contributed by atoms with van der Waals surface area (Å²) in [6, 6.07) is 63.7. The van der Waals surface area contributed by atoms with Gasteiger partial charge in [-0.2, -0.15) is 0 Å². The molecule has 0 aliphatic heterocycles. The first kappa shape index (κ1) is 33.7. The number of aromatic nitrogens is 4. The third kappa shape index (κ3) is 4.76. The van der Waals surface area contributed by atoms with Crippen LogP contribution in [0.2, 0.25) is 0 Å². The van der Waals surface area contributed by atoms with Crippen molar-refractivity contribution in [2.45, 2.75) is 0 Å². The van der Waals surface area contributed by atoms with Gasteiger partial charge >= 0.3 is 0 Å². The van der Waals surface area contributed by atoms with Gasteiger partial charge in [-0.15, -0.1) is 11.3 Å². The fourth-order valence-corrected chi connectivity index (χ4v) is 10.9. The lowest BCUT2D eigenvalue weighted by molar-refractivity contribution is 0.668. The third-order valence-electron chi connectivity index (χ3n) is 12.5. The van der Waals surface area contributed by atoms with E-state index >= 15 is 0 Å². The second-order valence-electron chi connectivity index (χ2n) is 15.9. The zero-order valence-corrected chi connectivity index (χ0v) is 33.7. The molecule has 0 aliphatic rings. The average molecular weight is 811 g/mol. The third-order valence-corrected chi connectivity index (χ3v) is 13.6. The maximum Gasteiger partial charge on any atom is 0.170 e. The standard InChI is InChI=1S/C55H30N4O2S/c1-2-14-32-30-43-40(29-31(32)13-1)33-15-3-7-21-41(33)59(43)42-28-27-35-34-16-4-8-22-44(34)61-52(35)51(42)55-57-53(38-19-11-24-46-49(38)36-17-5-9-23-45(36)60-46)56-54(58-55)39-20-12-26-48-50(39)37-18-6-10-25-47(37)62-48/h1-30H. The number of hydrogen-bond donors (Lipinski definition) is 0. The van der Waals surface area contributed by atoms with E-state index < -0.39 is 0 Å².